The van der Waals surface area contributed by atoms with Crippen LogP contribution in [0.5, 0.6) is 0 Å². The van der Waals surface area contributed by atoms with Crippen LogP contribution >= 0.6 is 0 Å². The summed E-state index contributed by atoms with van der Waals surface area (Å²) in [6, 6.07) is 1.40. The van der Waals surface area contributed by atoms with Crippen molar-refractivity contribution in [1.29, 1.82) is 0 Å². The third-order valence-electron chi connectivity index (χ3n) is 2.91. The van der Waals surface area contributed by atoms with Gasteiger partial charge in [-0.3, -0.25) is 4.90 Å². The van der Waals surface area contributed by atoms with Crippen molar-refractivity contribution in [3.63, 3.8) is 0 Å². The minimum atomic E-state index is 0.661. The van der Waals surface area contributed by atoms with Crippen molar-refractivity contribution in [3.05, 3.63) is 0 Å². The summed E-state index contributed by atoms with van der Waals surface area (Å²) in [4.78, 5) is 2.62. The van der Waals surface area contributed by atoms with Gasteiger partial charge >= 0.3 is 0 Å². The lowest BCUT2D eigenvalue weighted by molar-refractivity contribution is -0.0575. The van der Waals surface area contributed by atoms with Crippen molar-refractivity contribution >= 4 is 0 Å². The number of hydrogen-bond acceptors (Lipinski definition) is 2. The third kappa shape index (κ3) is 1.42. The molecule has 2 nitrogen and oxygen atoms in total. The molecule has 2 aliphatic heterocycles. The van der Waals surface area contributed by atoms with E-state index in [-0.39, 0.29) is 0 Å². The highest BCUT2D eigenvalue weighted by atomic mass is 16.5. The van der Waals surface area contributed by atoms with Crippen molar-refractivity contribution in [2.75, 3.05) is 19.8 Å². The molecule has 0 unspecified atom stereocenters. The lowest BCUT2D eigenvalue weighted by Gasteiger charge is -2.43. The maximum absolute atomic E-state index is 5.51. The van der Waals surface area contributed by atoms with Crippen LogP contribution in [0.25, 0.3) is 0 Å². The van der Waals surface area contributed by atoms with Crippen LogP contribution in [-0.2, 0) is 4.74 Å². The van der Waals surface area contributed by atoms with E-state index in [0.29, 0.717) is 6.04 Å². The average Bonchev–Trinajstić information content (AvgIpc) is 2.06. The van der Waals surface area contributed by atoms with Gasteiger partial charge in [-0.25, -0.2) is 0 Å². The van der Waals surface area contributed by atoms with E-state index in [0.717, 1.165) is 19.3 Å². The van der Waals surface area contributed by atoms with Gasteiger partial charge in [0, 0.05) is 12.1 Å². The number of ether oxygens (including phenoxy) is 1. The fourth-order valence-corrected chi connectivity index (χ4v) is 2.25. The minimum absolute atomic E-state index is 0.661. The number of rotatable bonds is 0. The first-order valence-corrected chi connectivity index (χ1v) is 4.71. The largest absolute Gasteiger partial charge is 0.378 e. The summed E-state index contributed by atoms with van der Waals surface area (Å²) in [7, 11) is 0. The number of nitrogens with zero attached hydrogens (tertiary/aromatic N) is 1. The fraction of sp³-hybridized carbons (Fsp3) is 1.00. The van der Waals surface area contributed by atoms with E-state index >= 15 is 0 Å². The molecular weight excluding hydrogens is 138 g/mol. The molecule has 0 N–H and O–H groups in total. The first-order chi connectivity index (χ1) is 5.38. The minimum Gasteiger partial charge on any atom is -0.378 e. The Morgan fingerprint density at radius 2 is 2.18 bits per heavy atom. The lowest BCUT2D eigenvalue weighted by Crippen LogP contribution is -2.52. The van der Waals surface area contributed by atoms with Crippen LogP contribution in [0.3, 0.4) is 0 Å². The van der Waals surface area contributed by atoms with Crippen molar-refractivity contribution in [2.45, 2.75) is 38.3 Å². The van der Waals surface area contributed by atoms with Crippen LogP contribution in [0.4, 0.5) is 0 Å². The molecule has 0 aromatic heterocycles. The van der Waals surface area contributed by atoms with E-state index < -0.39 is 0 Å². The summed E-state index contributed by atoms with van der Waals surface area (Å²) in [5.74, 6) is 0. The maximum Gasteiger partial charge on any atom is 0.0622 e. The molecule has 2 heteroatoms. The second-order valence-electron chi connectivity index (χ2n) is 3.77. The molecule has 2 saturated heterocycles. The molecular formula is C9H17NO. The van der Waals surface area contributed by atoms with E-state index in [1.807, 2.05) is 0 Å². The van der Waals surface area contributed by atoms with Crippen LogP contribution in [0.15, 0.2) is 0 Å². The predicted octanol–water partition coefficient (Wildman–Crippen LogP) is 1.26. The second kappa shape index (κ2) is 3.11. The molecule has 0 bridgehead atoms. The van der Waals surface area contributed by atoms with Gasteiger partial charge in [-0.05, 0) is 26.3 Å². The summed E-state index contributed by atoms with van der Waals surface area (Å²) in [5, 5.41) is 0. The Hall–Kier alpha value is -0.0800. The highest BCUT2D eigenvalue weighted by molar-refractivity contribution is 4.83. The number of fused-ring (bicyclic) bond motifs is 1. The Kier molecular flexibility index (Phi) is 2.14. The van der Waals surface area contributed by atoms with Crippen LogP contribution in [-0.4, -0.2) is 36.7 Å². The molecule has 2 rings (SSSR count). The van der Waals surface area contributed by atoms with E-state index in [2.05, 4.69) is 11.8 Å². The highest BCUT2D eigenvalue weighted by Gasteiger charge is 2.29. The van der Waals surface area contributed by atoms with Crippen LogP contribution in [0, 0.1) is 0 Å². The molecule has 0 aromatic carbocycles. The molecule has 0 saturated carbocycles. The van der Waals surface area contributed by atoms with Gasteiger partial charge in [-0.15, -0.1) is 0 Å². The smallest absolute Gasteiger partial charge is 0.0622 e. The SMILES string of the molecule is C[C@H]1COC[C@@H]2CCCCN21. The second-order valence-corrected chi connectivity index (χ2v) is 3.77. The standard InChI is InChI=1S/C9H17NO/c1-8-6-11-7-9-4-2-3-5-10(8)9/h8-9H,2-7H2,1H3/t8-,9-/m0/s1. The Balaban J connectivity index is 1.99. The van der Waals surface area contributed by atoms with Gasteiger partial charge in [-0.2, -0.15) is 0 Å². The lowest BCUT2D eigenvalue weighted by atomic mass is 9.99. The molecule has 0 aromatic rings. The van der Waals surface area contributed by atoms with Crippen LogP contribution < -0.4 is 0 Å². The zero-order valence-corrected chi connectivity index (χ0v) is 7.25. The monoisotopic (exact) mass is 155 g/mol. The van der Waals surface area contributed by atoms with Gasteiger partial charge in [0.25, 0.3) is 0 Å². The van der Waals surface area contributed by atoms with Crippen LogP contribution in [0.2, 0.25) is 0 Å². The molecule has 0 radical (unpaired) electrons. The molecule has 0 amide bonds. The van der Waals surface area contributed by atoms with Crippen molar-refractivity contribution in [3.8, 4) is 0 Å². The van der Waals surface area contributed by atoms with E-state index in [1.165, 1.54) is 25.8 Å². The zero-order valence-electron chi connectivity index (χ0n) is 7.25. The molecule has 64 valence electrons. The highest BCUT2D eigenvalue weighted by Crippen LogP contribution is 2.22. The first-order valence-electron chi connectivity index (χ1n) is 4.71. The van der Waals surface area contributed by atoms with Gasteiger partial charge in [0.15, 0.2) is 0 Å². The Morgan fingerprint density at radius 3 is 3.00 bits per heavy atom. The number of piperidine rings is 1. The fourth-order valence-electron chi connectivity index (χ4n) is 2.25. The summed E-state index contributed by atoms with van der Waals surface area (Å²) in [6.07, 6.45) is 4.14. The van der Waals surface area contributed by atoms with Gasteiger partial charge in [0.1, 0.15) is 0 Å². The Bertz CT molecular complexity index is 136. The van der Waals surface area contributed by atoms with Gasteiger partial charge < -0.3 is 4.74 Å². The van der Waals surface area contributed by atoms with E-state index in [4.69, 9.17) is 4.74 Å². The third-order valence-corrected chi connectivity index (χ3v) is 2.91. The summed E-state index contributed by atoms with van der Waals surface area (Å²) in [6.45, 7) is 5.49. The molecule has 2 heterocycles. The quantitative estimate of drug-likeness (QED) is 0.522. The summed E-state index contributed by atoms with van der Waals surface area (Å²) >= 11 is 0. The van der Waals surface area contributed by atoms with Crippen molar-refractivity contribution in [1.82, 2.24) is 4.90 Å². The van der Waals surface area contributed by atoms with Crippen molar-refractivity contribution in [2.24, 2.45) is 0 Å². The first kappa shape index (κ1) is 7.56. The van der Waals surface area contributed by atoms with Gasteiger partial charge in [0.2, 0.25) is 0 Å². The Labute approximate surface area is 68.5 Å². The topological polar surface area (TPSA) is 12.5 Å². The molecule has 0 spiro atoms. The average molecular weight is 155 g/mol. The van der Waals surface area contributed by atoms with E-state index in [9.17, 15) is 0 Å². The van der Waals surface area contributed by atoms with Gasteiger partial charge in [-0.1, -0.05) is 6.42 Å². The molecule has 2 aliphatic rings. The predicted molar refractivity (Wildman–Crippen MR) is 44.6 cm³/mol. The molecule has 2 atom stereocenters. The molecule has 11 heavy (non-hydrogen) atoms. The summed E-state index contributed by atoms with van der Waals surface area (Å²) in [5.41, 5.74) is 0. The normalized spacial score (nSPS) is 40.1. The molecule has 2 fully saturated rings. The number of morpholine rings is 1. The number of hydrogen-bond donors (Lipinski definition) is 0. The van der Waals surface area contributed by atoms with Gasteiger partial charge in [0.05, 0.1) is 13.2 Å². The zero-order chi connectivity index (χ0) is 7.68. The van der Waals surface area contributed by atoms with E-state index in [1.54, 1.807) is 0 Å². The maximum atomic E-state index is 5.51. The molecule has 0 aliphatic carbocycles. The van der Waals surface area contributed by atoms with Crippen molar-refractivity contribution < 1.29 is 4.74 Å². The Morgan fingerprint density at radius 1 is 1.27 bits per heavy atom. The van der Waals surface area contributed by atoms with Crippen LogP contribution in [0.1, 0.15) is 26.2 Å². The summed E-state index contributed by atoms with van der Waals surface area (Å²) < 4.78 is 5.51.